The number of H-pyrrole nitrogens is 1. The minimum atomic E-state index is -0.514. The number of nitro groups is 1. The molecule has 0 aliphatic carbocycles. The zero-order chi connectivity index (χ0) is 26.2. The molecule has 0 aliphatic heterocycles. The monoisotopic (exact) mass is 541 g/mol. The molecular weight excluding hydrogens is 526 g/mol. The number of nitrogens with zero attached hydrogens (tertiary/aromatic N) is 6. The van der Waals surface area contributed by atoms with Crippen molar-refractivity contribution in [3.63, 3.8) is 0 Å². The Bertz CT molecular complexity index is 1870. The summed E-state index contributed by atoms with van der Waals surface area (Å²) in [5.74, 6) is 0.993. The SMILES string of the molecule is O=[N+]([O-])c1ccc(/C=N/n2c(-c3cc(-c4cc5ccccc5o4)n(-c4ccccc4)n3)n[nH]c2=S)c(Cl)c1. The lowest BCUT2D eigenvalue weighted by Crippen LogP contribution is -2.00. The van der Waals surface area contributed by atoms with Gasteiger partial charge in [0.15, 0.2) is 5.76 Å². The normalized spacial score (nSPS) is 11.5. The second-order valence-electron chi connectivity index (χ2n) is 8.18. The number of non-ortho nitro benzene ring substituents is 1. The van der Waals surface area contributed by atoms with Gasteiger partial charge in [-0.2, -0.15) is 20.0 Å². The van der Waals surface area contributed by atoms with Crippen LogP contribution in [-0.2, 0) is 0 Å². The smallest absolute Gasteiger partial charge is 0.270 e. The zero-order valence-electron chi connectivity index (χ0n) is 19.4. The first kappa shape index (κ1) is 23.5. The number of halogens is 1. The molecule has 12 heteroatoms. The van der Waals surface area contributed by atoms with Crippen LogP contribution in [-0.4, -0.2) is 35.8 Å². The molecular formula is C26H16ClN7O3S. The summed E-state index contributed by atoms with van der Waals surface area (Å²) in [4.78, 5) is 10.5. The number of nitrogens with one attached hydrogen (secondary N) is 1. The van der Waals surface area contributed by atoms with Gasteiger partial charge in [0.1, 0.15) is 17.0 Å². The van der Waals surface area contributed by atoms with Crippen LogP contribution in [0.5, 0.6) is 0 Å². The highest BCUT2D eigenvalue weighted by molar-refractivity contribution is 7.71. The summed E-state index contributed by atoms with van der Waals surface area (Å²) in [6.45, 7) is 0. The Balaban J connectivity index is 1.45. The molecule has 0 unspecified atom stereocenters. The fraction of sp³-hybridized carbons (Fsp3) is 0. The standard InChI is InChI=1S/C26H16ClN7O3S/c27-20-13-19(34(35)36)11-10-17(20)15-28-33-25(29-30-26(33)38)21-14-22(32(31-21)18-7-2-1-3-8-18)24-12-16-6-4-5-9-23(16)37-24/h1-15H,(H,30,38)/b28-15+. The second kappa shape index (κ2) is 9.54. The van der Waals surface area contributed by atoms with E-state index in [1.807, 2.05) is 66.7 Å². The van der Waals surface area contributed by atoms with E-state index in [1.165, 1.54) is 29.1 Å². The lowest BCUT2D eigenvalue weighted by molar-refractivity contribution is -0.384. The van der Waals surface area contributed by atoms with Crippen molar-refractivity contribution < 1.29 is 9.34 Å². The van der Waals surface area contributed by atoms with Crippen LogP contribution in [0.3, 0.4) is 0 Å². The van der Waals surface area contributed by atoms with Crippen molar-refractivity contribution in [3.05, 3.63) is 110 Å². The summed E-state index contributed by atoms with van der Waals surface area (Å²) in [6, 6.07) is 25.4. The van der Waals surface area contributed by atoms with E-state index < -0.39 is 4.92 Å². The van der Waals surface area contributed by atoms with Crippen molar-refractivity contribution in [1.29, 1.82) is 0 Å². The van der Waals surface area contributed by atoms with Crippen molar-refractivity contribution in [3.8, 4) is 28.7 Å². The van der Waals surface area contributed by atoms with E-state index in [1.54, 1.807) is 4.68 Å². The molecule has 10 nitrogen and oxygen atoms in total. The Morgan fingerprint density at radius 1 is 1.05 bits per heavy atom. The van der Waals surface area contributed by atoms with Crippen molar-refractivity contribution in [2.75, 3.05) is 0 Å². The van der Waals surface area contributed by atoms with Gasteiger partial charge in [0.2, 0.25) is 10.6 Å². The minimum absolute atomic E-state index is 0.114. The van der Waals surface area contributed by atoms with Gasteiger partial charge in [-0.1, -0.05) is 48.0 Å². The van der Waals surface area contributed by atoms with Crippen LogP contribution in [0, 0.1) is 14.9 Å². The van der Waals surface area contributed by atoms with Crippen LogP contribution in [0.4, 0.5) is 5.69 Å². The number of nitro benzene ring substituents is 1. The molecule has 3 aromatic carbocycles. The lowest BCUT2D eigenvalue weighted by atomic mass is 10.2. The first-order chi connectivity index (χ1) is 18.5. The van der Waals surface area contributed by atoms with Gasteiger partial charge in [0.25, 0.3) is 5.69 Å². The maximum atomic E-state index is 11.0. The number of para-hydroxylation sites is 2. The van der Waals surface area contributed by atoms with Gasteiger partial charge in [0, 0.05) is 23.1 Å². The molecule has 0 saturated heterocycles. The minimum Gasteiger partial charge on any atom is -0.454 e. The highest BCUT2D eigenvalue weighted by Crippen LogP contribution is 2.32. The van der Waals surface area contributed by atoms with Crippen molar-refractivity contribution in [1.82, 2.24) is 24.7 Å². The fourth-order valence-electron chi connectivity index (χ4n) is 3.96. The molecule has 0 aliphatic rings. The maximum absolute atomic E-state index is 11.0. The van der Waals surface area contributed by atoms with Gasteiger partial charge in [0.05, 0.1) is 21.8 Å². The van der Waals surface area contributed by atoms with Gasteiger partial charge in [-0.25, -0.2) is 9.78 Å². The predicted octanol–water partition coefficient (Wildman–Crippen LogP) is 6.65. The van der Waals surface area contributed by atoms with E-state index in [-0.39, 0.29) is 15.5 Å². The van der Waals surface area contributed by atoms with Gasteiger partial charge in [-0.15, -0.1) is 0 Å². The van der Waals surface area contributed by atoms with Crippen molar-refractivity contribution >= 4 is 46.7 Å². The third kappa shape index (κ3) is 4.29. The van der Waals surface area contributed by atoms with E-state index in [0.717, 1.165) is 16.7 Å². The number of fused-ring (bicyclic) bond motifs is 1. The molecule has 0 fully saturated rings. The molecule has 0 spiro atoms. The number of furan rings is 1. The van der Waals surface area contributed by atoms with E-state index in [9.17, 15) is 10.1 Å². The number of hydrogen-bond acceptors (Lipinski definition) is 7. The Kier molecular flexibility index (Phi) is 5.91. The molecule has 0 bridgehead atoms. The third-order valence-corrected chi connectivity index (χ3v) is 6.37. The summed E-state index contributed by atoms with van der Waals surface area (Å²) in [5.41, 5.74) is 3.16. The van der Waals surface area contributed by atoms with Gasteiger partial charge in [-0.05, 0) is 48.6 Å². The Hall–Kier alpha value is -4.87. The highest BCUT2D eigenvalue weighted by Gasteiger charge is 2.20. The number of hydrogen-bond donors (Lipinski definition) is 1. The second-order valence-corrected chi connectivity index (χ2v) is 8.98. The van der Waals surface area contributed by atoms with E-state index in [4.69, 9.17) is 33.3 Å². The van der Waals surface area contributed by atoms with E-state index >= 15 is 0 Å². The van der Waals surface area contributed by atoms with Gasteiger partial charge < -0.3 is 4.42 Å². The number of aromatic nitrogens is 5. The van der Waals surface area contributed by atoms with Crippen LogP contribution >= 0.6 is 23.8 Å². The Morgan fingerprint density at radius 3 is 2.61 bits per heavy atom. The summed E-state index contributed by atoms with van der Waals surface area (Å²) in [5, 5.41) is 28.5. The molecule has 186 valence electrons. The fourth-order valence-corrected chi connectivity index (χ4v) is 4.36. The van der Waals surface area contributed by atoms with E-state index in [2.05, 4.69) is 15.3 Å². The predicted molar refractivity (Wildman–Crippen MR) is 146 cm³/mol. The van der Waals surface area contributed by atoms with Gasteiger partial charge >= 0.3 is 0 Å². The van der Waals surface area contributed by atoms with Crippen LogP contribution < -0.4 is 0 Å². The van der Waals surface area contributed by atoms with Crippen LogP contribution in [0.25, 0.3) is 39.6 Å². The number of aromatic amines is 1. The quantitative estimate of drug-likeness (QED) is 0.109. The lowest BCUT2D eigenvalue weighted by Gasteiger charge is -2.04. The molecule has 6 aromatic rings. The summed E-state index contributed by atoms with van der Waals surface area (Å²) >= 11 is 11.6. The average Bonchev–Trinajstić information content (AvgIpc) is 3.64. The molecule has 0 saturated carbocycles. The molecule has 6 rings (SSSR count). The van der Waals surface area contributed by atoms with Crippen LogP contribution in [0.15, 0.2) is 94.4 Å². The van der Waals surface area contributed by atoms with Crippen LogP contribution in [0.2, 0.25) is 5.02 Å². The molecule has 0 radical (unpaired) electrons. The Morgan fingerprint density at radius 2 is 1.84 bits per heavy atom. The number of benzene rings is 3. The Labute approximate surface area is 224 Å². The largest absolute Gasteiger partial charge is 0.454 e. The molecule has 38 heavy (non-hydrogen) atoms. The molecule has 3 heterocycles. The molecule has 0 amide bonds. The zero-order valence-corrected chi connectivity index (χ0v) is 20.9. The topological polar surface area (TPSA) is 120 Å². The molecule has 3 aromatic heterocycles. The average molecular weight is 542 g/mol. The summed E-state index contributed by atoms with van der Waals surface area (Å²) in [6.07, 6.45) is 1.45. The summed E-state index contributed by atoms with van der Waals surface area (Å²) < 4.78 is 9.55. The number of rotatable bonds is 6. The first-order valence-corrected chi connectivity index (χ1v) is 12.1. The first-order valence-electron chi connectivity index (χ1n) is 11.3. The van der Waals surface area contributed by atoms with Crippen LogP contribution in [0.1, 0.15) is 5.56 Å². The van der Waals surface area contributed by atoms with Gasteiger partial charge in [-0.3, -0.25) is 10.1 Å². The molecule has 0 atom stereocenters. The maximum Gasteiger partial charge on any atom is 0.270 e. The van der Waals surface area contributed by atoms with Crippen molar-refractivity contribution in [2.24, 2.45) is 5.10 Å². The molecule has 1 N–H and O–H groups in total. The van der Waals surface area contributed by atoms with Crippen molar-refractivity contribution in [2.45, 2.75) is 0 Å². The summed E-state index contributed by atoms with van der Waals surface area (Å²) in [7, 11) is 0. The van der Waals surface area contributed by atoms with E-state index in [0.29, 0.717) is 28.5 Å². The third-order valence-electron chi connectivity index (χ3n) is 5.77. The highest BCUT2D eigenvalue weighted by atomic mass is 35.5.